The molecular weight excluding hydrogens is 252 g/mol. The van der Waals surface area contributed by atoms with Crippen molar-refractivity contribution in [2.45, 2.75) is 20.8 Å². The first-order valence-corrected chi connectivity index (χ1v) is 7.16. The highest BCUT2D eigenvalue weighted by Crippen LogP contribution is 2.21. The monoisotopic (exact) mass is 276 g/mol. The predicted molar refractivity (Wildman–Crippen MR) is 81.2 cm³/mol. The fourth-order valence-electron chi connectivity index (χ4n) is 2.62. The molecule has 0 unspecified atom stereocenters. The molecule has 4 heteroatoms. The van der Waals surface area contributed by atoms with Crippen molar-refractivity contribution >= 4 is 11.7 Å². The topological polar surface area (TPSA) is 43.8 Å². The van der Waals surface area contributed by atoms with Crippen molar-refractivity contribution in [3.8, 4) is 0 Å². The van der Waals surface area contributed by atoms with Crippen LogP contribution in [0, 0.1) is 12.3 Å². The van der Waals surface area contributed by atoms with E-state index in [1.54, 1.807) is 13.8 Å². The standard InChI is InChI=1S/C16H24N2O2/c1-13-5-4-6-14(11-13)18-9-7-17(8-10-18)12-16(2,3)15(19)20/h4-6,11H,7-10,12H2,1-3H3,(H,19,20). The van der Waals surface area contributed by atoms with Crippen LogP contribution in [0.3, 0.4) is 0 Å². The lowest BCUT2D eigenvalue weighted by molar-refractivity contribution is -0.148. The van der Waals surface area contributed by atoms with Crippen LogP contribution in [0.5, 0.6) is 0 Å². The van der Waals surface area contributed by atoms with E-state index < -0.39 is 11.4 Å². The molecule has 0 spiro atoms. The quantitative estimate of drug-likeness (QED) is 0.916. The van der Waals surface area contributed by atoms with Crippen LogP contribution in [0.15, 0.2) is 24.3 Å². The highest BCUT2D eigenvalue weighted by Gasteiger charge is 2.31. The summed E-state index contributed by atoms with van der Waals surface area (Å²) in [6.07, 6.45) is 0. The fourth-order valence-corrected chi connectivity index (χ4v) is 2.62. The average Bonchev–Trinajstić information content (AvgIpc) is 2.39. The molecule has 110 valence electrons. The predicted octanol–water partition coefficient (Wildman–Crippen LogP) is 2.23. The molecule has 0 amide bonds. The van der Waals surface area contributed by atoms with Crippen LogP contribution in [-0.2, 0) is 4.79 Å². The number of aliphatic carboxylic acids is 1. The Morgan fingerprint density at radius 3 is 2.45 bits per heavy atom. The number of nitrogens with zero attached hydrogens (tertiary/aromatic N) is 2. The Balaban J connectivity index is 1.91. The molecule has 0 saturated carbocycles. The van der Waals surface area contributed by atoms with Gasteiger partial charge in [0.05, 0.1) is 5.41 Å². The number of aryl methyl sites for hydroxylation is 1. The number of carbonyl (C=O) groups is 1. The van der Waals surface area contributed by atoms with Gasteiger partial charge in [-0.2, -0.15) is 0 Å². The van der Waals surface area contributed by atoms with E-state index in [0.29, 0.717) is 6.54 Å². The molecule has 1 saturated heterocycles. The molecule has 1 fully saturated rings. The van der Waals surface area contributed by atoms with E-state index in [2.05, 4.69) is 41.0 Å². The Morgan fingerprint density at radius 2 is 1.90 bits per heavy atom. The van der Waals surface area contributed by atoms with Gasteiger partial charge in [-0.3, -0.25) is 9.69 Å². The third-order valence-electron chi connectivity index (χ3n) is 3.94. The van der Waals surface area contributed by atoms with Crippen molar-refractivity contribution in [2.24, 2.45) is 5.41 Å². The largest absolute Gasteiger partial charge is 0.481 e. The third-order valence-corrected chi connectivity index (χ3v) is 3.94. The molecule has 1 N–H and O–H groups in total. The highest BCUT2D eigenvalue weighted by molar-refractivity contribution is 5.73. The summed E-state index contributed by atoms with van der Waals surface area (Å²) in [7, 11) is 0. The minimum atomic E-state index is -0.724. The molecule has 4 nitrogen and oxygen atoms in total. The molecule has 0 aliphatic carbocycles. The number of anilines is 1. The number of hydrogen-bond acceptors (Lipinski definition) is 3. The maximum Gasteiger partial charge on any atom is 0.310 e. The first-order valence-electron chi connectivity index (χ1n) is 7.16. The Labute approximate surface area is 121 Å². The van der Waals surface area contributed by atoms with Crippen LogP contribution < -0.4 is 4.90 Å². The minimum absolute atomic E-state index is 0.615. The Morgan fingerprint density at radius 1 is 1.25 bits per heavy atom. The van der Waals surface area contributed by atoms with Gasteiger partial charge in [0.1, 0.15) is 0 Å². The number of carboxylic acids is 1. The van der Waals surface area contributed by atoms with Crippen LogP contribution >= 0.6 is 0 Å². The van der Waals surface area contributed by atoms with Gasteiger partial charge in [-0.15, -0.1) is 0 Å². The number of benzene rings is 1. The van der Waals surface area contributed by atoms with Crippen molar-refractivity contribution in [2.75, 3.05) is 37.6 Å². The molecule has 1 aliphatic rings. The maximum absolute atomic E-state index is 11.2. The van der Waals surface area contributed by atoms with Gasteiger partial charge in [-0.1, -0.05) is 12.1 Å². The van der Waals surface area contributed by atoms with E-state index >= 15 is 0 Å². The van der Waals surface area contributed by atoms with E-state index in [0.717, 1.165) is 26.2 Å². The highest BCUT2D eigenvalue weighted by atomic mass is 16.4. The number of rotatable bonds is 4. The molecule has 1 aromatic rings. The number of carboxylic acid groups (broad SMARTS) is 1. The zero-order valence-electron chi connectivity index (χ0n) is 12.6. The molecule has 2 rings (SSSR count). The summed E-state index contributed by atoms with van der Waals surface area (Å²) in [6.45, 7) is 10.1. The van der Waals surface area contributed by atoms with Crippen molar-refractivity contribution in [1.82, 2.24) is 4.90 Å². The second-order valence-corrected chi connectivity index (χ2v) is 6.29. The Bertz CT molecular complexity index is 477. The lowest BCUT2D eigenvalue weighted by atomic mass is 9.93. The lowest BCUT2D eigenvalue weighted by Crippen LogP contribution is -2.50. The summed E-state index contributed by atoms with van der Waals surface area (Å²) in [5, 5.41) is 9.20. The van der Waals surface area contributed by atoms with Gasteiger partial charge >= 0.3 is 5.97 Å². The van der Waals surface area contributed by atoms with E-state index in [1.807, 2.05) is 0 Å². The maximum atomic E-state index is 11.2. The molecule has 1 aliphatic heterocycles. The molecule has 20 heavy (non-hydrogen) atoms. The van der Waals surface area contributed by atoms with Crippen LogP contribution in [-0.4, -0.2) is 48.7 Å². The normalized spacial score (nSPS) is 17.2. The van der Waals surface area contributed by atoms with Crippen LogP contribution in [0.2, 0.25) is 0 Å². The van der Waals surface area contributed by atoms with E-state index in [9.17, 15) is 9.90 Å². The van der Waals surface area contributed by atoms with Crippen LogP contribution in [0.25, 0.3) is 0 Å². The fraction of sp³-hybridized carbons (Fsp3) is 0.562. The van der Waals surface area contributed by atoms with Crippen molar-refractivity contribution in [3.63, 3.8) is 0 Å². The lowest BCUT2D eigenvalue weighted by Gasteiger charge is -2.38. The first-order chi connectivity index (χ1) is 9.38. The molecule has 0 aromatic heterocycles. The molecule has 1 aromatic carbocycles. The summed E-state index contributed by atoms with van der Waals surface area (Å²) in [5.74, 6) is -0.724. The Kier molecular flexibility index (Phi) is 4.33. The summed E-state index contributed by atoms with van der Waals surface area (Å²) < 4.78 is 0. The van der Waals surface area contributed by atoms with Gasteiger partial charge < -0.3 is 10.0 Å². The minimum Gasteiger partial charge on any atom is -0.481 e. The number of hydrogen-bond donors (Lipinski definition) is 1. The van der Waals surface area contributed by atoms with Crippen molar-refractivity contribution < 1.29 is 9.90 Å². The van der Waals surface area contributed by atoms with Gasteiger partial charge in [0, 0.05) is 38.4 Å². The summed E-state index contributed by atoms with van der Waals surface area (Å²) >= 11 is 0. The summed E-state index contributed by atoms with van der Waals surface area (Å²) in [4.78, 5) is 15.8. The third kappa shape index (κ3) is 3.51. The summed E-state index contributed by atoms with van der Waals surface area (Å²) in [5.41, 5.74) is 1.87. The molecule has 0 radical (unpaired) electrons. The Hall–Kier alpha value is -1.55. The average molecular weight is 276 g/mol. The van der Waals surface area contributed by atoms with Gasteiger partial charge in [-0.05, 0) is 38.5 Å². The molecular formula is C16H24N2O2. The van der Waals surface area contributed by atoms with Crippen LogP contribution in [0.4, 0.5) is 5.69 Å². The van der Waals surface area contributed by atoms with Gasteiger partial charge in [0.15, 0.2) is 0 Å². The summed E-state index contributed by atoms with van der Waals surface area (Å²) in [6, 6.07) is 8.54. The van der Waals surface area contributed by atoms with Gasteiger partial charge in [-0.25, -0.2) is 0 Å². The zero-order valence-corrected chi connectivity index (χ0v) is 12.6. The smallest absolute Gasteiger partial charge is 0.310 e. The van der Waals surface area contributed by atoms with Gasteiger partial charge in [0.25, 0.3) is 0 Å². The van der Waals surface area contributed by atoms with E-state index in [-0.39, 0.29) is 0 Å². The molecule has 0 atom stereocenters. The number of piperazine rings is 1. The second kappa shape index (κ2) is 5.83. The van der Waals surface area contributed by atoms with E-state index in [1.165, 1.54) is 11.3 Å². The molecule has 1 heterocycles. The van der Waals surface area contributed by atoms with Gasteiger partial charge in [0.2, 0.25) is 0 Å². The van der Waals surface area contributed by atoms with Crippen LogP contribution in [0.1, 0.15) is 19.4 Å². The zero-order chi connectivity index (χ0) is 14.8. The van der Waals surface area contributed by atoms with E-state index in [4.69, 9.17) is 0 Å². The van der Waals surface area contributed by atoms with Crippen molar-refractivity contribution in [1.29, 1.82) is 0 Å². The molecule has 0 bridgehead atoms. The second-order valence-electron chi connectivity index (χ2n) is 6.29. The SMILES string of the molecule is Cc1cccc(N2CCN(CC(C)(C)C(=O)O)CC2)c1. The first kappa shape index (κ1) is 14.9. The van der Waals surface area contributed by atoms with Crippen molar-refractivity contribution in [3.05, 3.63) is 29.8 Å².